The molecule has 0 radical (unpaired) electrons. The van der Waals surface area contributed by atoms with Crippen molar-refractivity contribution in [1.82, 2.24) is 9.97 Å². The summed E-state index contributed by atoms with van der Waals surface area (Å²) in [6, 6.07) is 1.74. The first-order chi connectivity index (χ1) is 7.80. The quantitative estimate of drug-likeness (QED) is 0.543. The molecule has 0 atom stereocenters. The molecule has 1 aromatic rings. The summed E-state index contributed by atoms with van der Waals surface area (Å²) in [5.41, 5.74) is 0. The normalized spacial score (nSPS) is 10.2. The summed E-state index contributed by atoms with van der Waals surface area (Å²) in [6.45, 7) is 5.45. The van der Waals surface area contributed by atoms with Gasteiger partial charge in [0.1, 0.15) is 0 Å². The molecular formula is C11H18N2O2S. The minimum atomic E-state index is 0.590. The Balaban J connectivity index is 2.74. The van der Waals surface area contributed by atoms with Crippen molar-refractivity contribution in [2.45, 2.75) is 31.8 Å². The fourth-order valence-corrected chi connectivity index (χ4v) is 1.40. The van der Waals surface area contributed by atoms with Gasteiger partial charge in [0.15, 0.2) is 5.16 Å². The first kappa shape index (κ1) is 13.1. The second-order valence-corrected chi connectivity index (χ2v) is 4.00. The van der Waals surface area contributed by atoms with Crippen molar-refractivity contribution in [2.75, 3.05) is 19.5 Å². The van der Waals surface area contributed by atoms with Gasteiger partial charge in [0.05, 0.1) is 19.3 Å². The van der Waals surface area contributed by atoms with Crippen LogP contribution >= 0.6 is 11.8 Å². The second-order valence-electron chi connectivity index (χ2n) is 3.23. The minimum Gasteiger partial charge on any atom is -0.477 e. The van der Waals surface area contributed by atoms with Crippen LogP contribution in [0.2, 0.25) is 0 Å². The van der Waals surface area contributed by atoms with Crippen molar-refractivity contribution in [1.29, 1.82) is 0 Å². The molecule has 0 aliphatic rings. The van der Waals surface area contributed by atoms with Crippen molar-refractivity contribution < 1.29 is 9.47 Å². The zero-order valence-electron chi connectivity index (χ0n) is 10.0. The molecule has 5 heteroatoms. The number of nitrogens with zero attached hydrogens (tertiary/aromatic N) is 2. The summed E-state index contributed by atoms with van der Waals surface area (Å²) >= 11 is 1.48. The van der Waals surface area contributed by atoms with E-state index >= 15 is 0 Å². The van der Waals surface area contributed by atoms with Crippen molar-refractivity contribution in [3.63, 3.8) is 0 Å². The molecular weight excluding hydrogens is 224 g/mol. The predicted molar refractivity (Wildman–Crippen MR) is 65.4 cm³/mol. The molecule has 16 heavy (non-hydrogen) atoms. The molecule has 0 aliphatic carbocycles. The van der Waals surface area contributed by atoms with Gasteiger partial charge in [-0.15, -0.1) is 0 Å². The third kappa shape index (κ3) is 4.26. The van der Waals surface area contributed by atoms with Gasteiger partial charge in [0.2, 0.25) is 11.8 Å². The monoisotopic (exact) mass is 242 g/mol. The van der Waals surface area contributed by atoms with E-state index < -0.39 is 0 Å². The Hall–Kier alpha value is -0.970. The van der Waals surface area contributed by atoms with E-state index in [4.69, 9.17) is 9.47 Å². The maximum atomic E-state index is 5.47. The van der Waals surface area contributed by atoms with E-state index in [0.29, 0.717) is 30.1 Å². The number of hydrogen-bond donors (Lipinski definition) is 0. The molecule has 0 aromatic carbocycles. The molecule has 0 spiro atoms. The Morgan fingerprint density at radius 2 is 1.56 bits per heavy atom. The van der Waals surface area contributed by atoms with Gasteiger partial charge < -0.3 is 9.47 Å². The highest BCUT2D eigenvalue weighted by Crippen LogP contribution is 2.20. The third-order valence-electron chi connectivity index (χ3n) is 1.75. The third-order valence-corrected chi connectivity index (χ3v) is 2.30. The molecule has 0 bridgehead atoms. The van der Waals surface area contributed by atoms with E-state index in [9.17, 15) is 0 Å². The highest BCUT2D eigenvalue weighted by molar-refractivity contribution is 7.98. The summed E-state index contributed by atoms with van der Waals surface area (Å²) in [4.78, 5) is 8.49. The zero-order chi connectivity index (χ0) is 11.8. The first-order valence-electron chi connectivity index (χ1n) is 5.48. The molecule has 90 valence electrons. The number of thioether (sulfide) groups is 1. The highest BCUT2D eigenvalue weighted by atomic mass is 32.2. The van der Waals surface area contributed by atoms with Crippen LogP contribution in [0.3, 0.4) is 0 Å². The molecule has 0 N–H and O–H groups in total. The standard InChI is InChI=1S/C11H18N2O2S/c1-4-6-14-9-8-10(15-7-5-2)13-11(12-9)16-3/h8H,4-7H2,1-3H3. The van der Waals surface area contributed by atoms with E-state index in [2.05, 4.69) is 23.8 Å². The lowest BCUT2D eigenvalue weighted by Gasteiger charge is -2.08. The van der Waals surface area contributed by atoms with Gasteiger partial charge in [-0.2, -0.15) is 9.97 Å². The van der Waals surface area contributed by atoms with Crippen molar-refractivity contribution >= 4 is 11.8 Å². The number of hydrogen-bond acceptors (Lipinski definition) is 5. The first-order valence-corrected chi connectivity index (χ1v) is 6.71. The highest BCUT2D eigenvalue weighted by Gasteiger charge is 2.05. The topological polar surface area (TPSA) is 44.2 Å². The van der Waals surface area contributed by atoms with Crippen LogP contribution in [0.1, 0.15) is 26.7 Å². The van der Waals surface area contributed by atoms with Crippen LogP contribution < -0.4 is 9.47 Å². The number of rotatable bonds is 7. The van der Waals surface area contributed by atoms with E-state index in [1.807, 2.05) is 6.26 Å². The zero-order valence-corrected chi connectivity index (χ0v) is 10.8. The Morgan fingerprint density at radius 1 is 1.06 bits per heavy atom. The summed E-state index contributed by atoms with van der Waals surface area (Å²) in [5, 5.41) is 0.680. The average Bonchev–Trinajstić information content (AvgIpc) is 2.33. The number of aromatic nitrogens is 2. The van der Waals surface area contributed by atoms with Crippen LogP contribution in [-0.4, -0.2) is 29.4 Å². The van der Waals surface area contributed by atoms with Gasteiger partial charge in [-0.25, -0.2) is 0 Å². The molecule has 0 aliphatic heterocycles. The molecule has 0 fully saturated rings. The number of ether oxygens (including phenoxy) is 2. The maximum Gasteiger partial charge on any atom is 0.221 e. The predicted octanol–water partition coefficient (Wildman–Crippen LogP) is 2.78. The van der Waals surface area contributed by atoms with E-state index in [0.717, 1.165) is 12.8 Å². The Kier molecular flexibility index (Phi) is 6.00. The van der Waals surface area contributed by atoms with Gasteiger partial charge in [0, 0.05) is 0 Å². The molecule has 1 rings (SSSR count). The smallest absolute Gasteiger partial charge is 0.221 e. The molecule has 0 saturated heterocycles. The average molecular weight is 242 g/mol. The van der Waals surface area contributed by atoms with Gasteiger partial charge in [-0.1, -0.05) is 25.6 Å². The van der Waals surface area contributed by atoms with Crippen LogP contribution in [0.4, 0.5) is 0 Å². The lowest BCUT2D eigenvalue weighted by molar-refractivity contribution is 0.280. The second kappa shape index (κ2) is 7.33. The molecule has 0 saturated carbocycles. The van der Waals surface area contributed by atoms with Crippen molar-refractivity contribution in [2.24, 2.45) is 0 Å². The van der Waals surface area contributed by atoms with Crippen molar-refractivity contribution in [3.05, 3.63) is 6.07 Å². The van der Waals surface area contributed by atoms with Crippen LogP contribution in [0.5, 0.6) is 11.8 Å². The fraction of sp³-hybridized carbons (Fsp3) is 0.636. The van der Waals surface area contributed by atoms with E-state index in [1.54, 1.807) is 6.07 Å². The molecule has 1 aromatic heterocycles. The molecule has 0 unspecified atom stereocenters. The van der Waals surface area contributed by atoms with Gasteiger partial charge in [0.25, 0.3) is 0 Å². The minimum absolute atomic E-state index is 0.590. The van der Waals surface area contributed by atoms with Crippen LogP contribution in [0.25, 0.3) is 0 Å². The van der Waals surface area contributed by atoms with Crippen LogP contribution in [0.15, 0.2) is 11.2 Å². The van der Waals surface area contributed by atoms with Gasteiger partial charge >= 0.3 is 0 Å². The van der Waals surface area contributed by atoms with E-state index in [1.165, 1.54) is 11.8 Å². The Morgan fingerprint density at radius 3 is 1.94 bits per heavy atom. The van der Waals surface area contributed by atoms with Gasteiger partial charge in [-0.05, 0) is 19.1 Å². The molecule has 0 amide bonds. The Bertz CT molecular complexity index is 295. The largest absolute Gasteiger partial charge is 0.477 e. The lowest BCUT2D eigenvalue weighted by atomic mass is 10.5. The summed E-state index contributed by atoms with van der Waals surface area (Å²) in [7, 11) is 0. The van der Waals surface area contributed by atoms with Gasteiger partial charge in [-0.3, -0.25) is 0 Å². The summed E-state index contributed by atoms with van der Waals surface area (Å²) in [6.07, 6.45) is 3.86. The van der Waals surface area contributed by atoms with E-state index in [-0.39, 0.29) is 0 Å². The lowest BCUT2D eigenvalue weighted by Crippen LogP contribution is -2.03. The van der Waals surface area contributed by atoms with Crippen molar-refractivity contribution in [3.8, 4) is 11.8 Å². The fourth-order valence-electron chi connectivity index (χ4n) is 1.04. The summed E-state index contributed by atoms with van der Waals surface area (Å²) < 4.78 is 10.9. The molecule has 1 heterocycles. The molecule has 4 nitrogen and oxygen atoms in total. The maximum absolute atomic E-state index is 5.47. The Labute approximate surface area is 101 Å². The van der Waals surface area contributed by atoms with Crippen LogP contribution in [-0.2, 0) is 0 Å². The summed E-state index contributed by atoms with van der Waals surface area (Å²) in [5.74, 6) is 1.18. The SMILES string of the molecule is CCCOc1cc(OCCC)nc(SC)n1. The van der Waals surface area contributed by atoms with Crippen LogP contribution in [0, 0.1) is 0 Å².